The Kier molecular flexibility index (Phi) is 2.40. The number of rotatable bonds is 1. The Bertz CT molecular complexity index is 523. The lowest BCUT2D eigenvalue weighted by Crippen LogP contribution is -1.94. The van der Waals surface area contributed by atoms with Crippen LogP contribution >= 0.6 is 0 Å². The molecule has 1 aromatic carbocycles. The zero-order chi connectivity index (χ0) is 11.0. The van der Waals surface area contributed by atoms with E-state index in [1.54, 1.807) is 6.07 Å². The van der Waals surface area contributed by atoms with Gasteiger partial charge in [-0.1, -0.05) is 0 Å². The summed E-state index contributed by atoms with van der Waals surface area (Å²) in [6, 6.07) is 5.01. The van der Waals surface area contributed by atoms with Gasteiger partial charge in [0.25, 0.3) is 0 Å². The van der Waals surface area contributed by atoms with Crippen LogP contribution in [0, 0.1) is 19.7 Å². The van der Waals surface area contributed by atoms with E-state index in [-0.39, 0.29) is 12.4 Å². The number of hydrogen-bond acceptors (Lipinski definition) is 2. The van der Waals surface area contributed by atoms with Gasteiger partial charge in [0, 0.05) is 11.1 Å². The Balaban J connectivity index is 2.85. The maximum atomic E-state index is 13.6. The fourth-order valence-electron chi connectivity index (χ4n) is 1.76. The molecule has 2 nitrogen and oxygen atoms in total. The normalized spacial score (nSPS) is 10.9. The molecular weight excluding hydrogens is 193 g/mol. The second-order valence-corrected chi connectivity index (χ2v) is 3.71. The van der Waals surface area contributed by atoms with Gasteiger partial charge in [-0.3, -0.25) is 4.98 Å². The summed E-state index contributed by atoms with van der Waals surface area (Å²) in [4.78, 5) is 4.15. The minimum Gasteiger partial charge on any atom is -0.392 e. The molecule has 1 N–H and O–H groups in total. The molecule has 1 heterocycles. The molecule has 0 aliphatic rings. The van der Waals surface area contributed by atoms with Crippen molar-refractivity contribution < 1.29 is 9.50 Å². The molecule has 0 saturated heterocycles. The minimum atomic E-state index is -0.372. The van der Waals surface area contributed by atoms with Crippen molar-refractivity contribution in [2.75, 3.05) is 0 Å². The summed E-state index contributed by atoms with van der Waals surface area (Å²) in [5, 5.41) is 9.75. The van der Waals surface area contributed by atoms with Crippen molar-refractivity contribution in [3.8, 4) is 0 Å². The topological polar surface area (TPSA) is 33.1 Å². The summed E-state index contributed by atoms with van der Waals surface area (Å²) >= 11 is 0. The third kappa shape index (κ3) is 1.70. The van der Waals surface area contributed by atoms with Crippen LogP contribution in [0.5, 0.6) is 0 Å². The first-order chi connectivity index (χ1) is 7.11. The molecule has 0 aliphatic carbocycles. The summed E-state index contributed by atoms with van der Waals surface area (Å²) in [6.07, 6.45) is 0. The molecule has 0 bridgehead atoms. The maximum Gasteiger partial charge on any atom is 0.149 e. The summed E-state index contributed by atoms with van der Waals surface area (Å²) in [5.74, 6) is -0.372. The van der Waals surface area contributed by atoms with Gasteiger partial charge in [-0.15, -0.1) is 0 Å². The first-order valence-corrected chi connectivity index (χ1v) is 4.79. The largest absolute Gasteiger partial charge is 0.392 e. The molecule has 2 rings (SSSR count). The molecule has 0 spiro atoms. The lowest BCUT2D eigenvalue weighted by molar-refractivity contribution is 0.281. The first-order valence-electron chi connectivity index (χ1n) is 4.79. The van der Waals surface area contributed by atoms with Crippen LogP contribution in [0.1, 0.15) is 16.8 Å². The number of halogens is 1. The first kappa shape index (κ1) is 10.1. The van der Waals surface area contributed by atoms with Crippen molar-refractivity contribution in [3.63, 3.8) is 0 Å². The van der Waals surface area contributed by atoms with Crippen molar-refractivity contribution in [2.45, 2.75) is 20.5 Å². The number of aryl methyl sites for hydroxylation is 2. The fourth-order valence-corrected chi connectivity index (χ4v) is 1.76. The third-order valence-electron chi connectivity index (χ3n) is 2.44. The van der Waals surface area contributed by atoms with Crippen molar-refractivity contribution in [1.29, 1.82) is 0 Å². The van der Waals surface area contributed by atoms with Crippen LogP contribution in [-0.4, -0.2) is 10.1 Å². The molecular formula is C12H12FNO. The molecule has 0 saturated carbocycles. The Labute approximate surface area is 87.4 Å². The zero-order valence-electron chi connectivity index (χ0n) is 8.71. The molecule has 0 atom stereocenters. The van der Waals surface area contributed by atoms with Crippen molar-refractivity contribution in [2.24, 2.45) is 0 Å². The average molecular weight is 205 g/mol. The second kappa shape index (κ2) is 3.59. The number of benzene rings is 1. The highest BCUT2D eigenvalue weighted by Gasteiger charge is 2.07. The Morgan fingerprint density at radius 2 is 2.00 bits per heavy atom. The van der Waals surface area contributed by atoms with Crippen LogP contribution in [0.3, 0.4) is 0 Å². The standard InChI is InChI=1S/C12H12FNO/c1-7-3-8(2)14-12-10(7)4-9(6-15)5-11(12)13/h3-5,15H,6H2,1-2H3. The van der Waals surface area contributed by atoms with Gasteiger partial charge in [0.15, 0.2) is 0 Å². The van der Waals surface area contributed by atoms with Crippen LogP contribution in [-0.2, 0) is 6.61 Å². The molecule has 0 unspecified atom stereocenters. The highest BCUT2D eigenvalue weighted by atomic mass is 19.1. The van der Waals surface area contributed by atoms with Gasteiger partial charge in [-0.2, -0.15) is 0 Å². The van der Waals surface area contributed by atoms with Crippen molar-refractivity contribution in [3.05, 3.63) is 40.8 Å². The number of aliphatic hydroxyl groups excluding tert-OH is 1. The van der Waals surface area contributed by atoms with Crippen LogP contribution in [0.4, 0.5) is 4.39 Å². The van der Waals surface area contributed by atoms with E-state index < -0.39 is 0 Å². The molecule has 0 fully saturated rings. The predicted octanol–water partition coefficient (Wildman–Crippen LogP) is 2.48. The van der Waals surface area contributed by atoms with Crippen LogP contribution in [0.2, 0.25) is 0 Å². The van der Waals surface area contributed by atoms with Gasteiger partial charge in [0.1, 0.15) is 11.3 Å². The Morgan fingerprint density at radius 3 is 2.67 bits per heavy atom. The van der Waals surface area contributed by atoms with Crippen LogP contribution < -0.4 is 0 Å². The van der Waals surface area contributed by atoms with E-state index >= 15 is 0 Å². The van der Waals surface area contributed by atoms with E-state index in [1.807, 2.05) is 19.9 Å². The monoisotopic (exact) mass is 205 g/mol. The van der Waals surface area contributed by atoms with E-state index in [4.69, 9.17) is 5.11 Å². The van der Waals surface area contributed by atoms with E-state index in [9.17, 15) is 4.39 Å². The lowest BCUT2D eigenvalue weighted by atomic mass is 10.1. The van der Waals surface area contributed by atoms with E-state index in [0.717, 1.165) is 16.6 Å². The average Bonchev–Trinajstić information content (AvgIpc) is 2.19. The molecule has 2 aromatic rings. The molecule has 1 aromatic heterocycles. The molecule has 3 heteroatoms. The quantitative estimate of drug-likeness (QED) is 0.775. The summed E-state index contributed by atoms with van der Waals surface area (Å²) < 4.78 is 13.6. The van der Waals surface area contributed by atoms with Crippen molar-refractivity contribution >= 4 is 10.9 Å². The van der Waals surface area contributed by atoms with E-state index in [0.29, 0.717) is 11.1 Å². The number of aromatic nitrogens is 1. The molecule has 0 radical (unpaired) electrons. The predicted molar refractivity (Wildman–Crippen MR) is 57.1 cm³/mol. The summed E-state index contributed by atoms with van der Waals surface area (Å²) in [6.45, 7) is 3.60. The fraction of sp³-hybridized carbons (Fsp3) is 0.250. The molecule has 0 aliphatic heterocycles. The Hall–Kier alpha value is -1.48. The molecule has 15 heavy (non-hydrogen) atoms. The highest BCUT2D eigenvalue weighted by molar-refractivity contribution is 5.83. The summed E-state index contributed by atoms with van der Waals surface area (Å²) in [5.41, 5.74) is 2.74. The number of pyridine rings is 1. The lowest BCUT2D eigenvalue weighted by Gasteiger charge is -2.06. The van der Waals surface area contributed by atoms with Gasteiger partial charge < -0.3 is 5.11 Å². The molecule has 0 amide bonds. The Morgan fingerprint density at radius 1 is 1.27 bits per heavy atom. The number of hydrogen-bond donors (Lipinski definition) is 1. The summed E-state index contributed by atoms with van der Waals surface area (Å²) in [7, 11) is 0. The SMILES string of the molecule is Cc1cc(C)c2cc(CO)cc(F)c2n1. The number of aliphatic hydroxyl groups is 1. The van der Waals surface area contributed by atoms with Crippen LogP contribution in [0.15, 0.2) is 18.2 Å². The van der Waals surface area contributed by atoms with Crippen LogP contribution in [0.25, 0.3) is 10.9 Å². The van der Waals surface area contributed by atoms with E-state index in [2.05, 4.69) is 4.98 Å². The molecule has 78 valence electrons. The maximum absolute atomic E-state index is 13.6. The van der Waals surface area contributed by atoms with Crippen molar-refractivity contribution in [1.82, 2.24) is 4.98 Å². The highest BCUT2D eigenvalue weighted by Crippen LogP contribution is 2.22. The zero-order valence-corrected chi connectivity index (χ0v) is 8.71. The smallest absolute Gasteiger partial charge is 0.149 e. The van der Waals surface area contributed by atoms with Gasteiger partial charge >= 0.3 is 0 Å². The van der Waals surface area contributed by atoms with E-state index in [1.165, 1.54) is 6.07 Å². The van der Waals surface area contributed by atoms with Gasteiger partial charge in [0.05, 0.1) is 6.61 Å². The van der Waals surface area contributed by atoms with Gasteiger partial charge in [-0.05, 0) is 43.2 Å². The number of fused-ring (bicyclic) bond motifs is 1. The van der Waals surface area contributed by atoms with Gasteiger partial charge in [-0.25, -0.2) is 4.39 Å². The number of nitrogens with zero attached hydrogens (tertiary/aromatic N) is 1. The van der Waals surface area contributed by atoms with Gasteiger partial charge in [0.2, 0.25) is 0 Å². The second-order valence-electron chi connectivity index (χ2n) is 3.71. The third-order valence-corrected chi connectivity index (χ3v) is 2.44. The minimum absolute atomic E-state index is 0.153.